The van der Waals surface area contributed by atoms with Crippen LogP contribution < -0.4 is 5.32 Å². The SMILES string of the molecule is Cc1ccc(C2CCNc3c(Br)c(C(C)(C)C)nn32)cc1. The Balaban J connectivity index is 2.08. The molecule has 0 saturated carbocycles. The molecule has 2 aromatic rings. The maximum absolute atomic E-state index is 4.91. The third-order valence-corrected chi connectivity index (χ3v) is 4.78. The lowest BCUT2D eigenvalue weighted by Gasteiger charge is -2.26. The summed E-state index contributed by atoms with van der Waals surface area (Å²) in [4.78, 5) is 0. The molecule has 1 N–H and O–H groups in total. The Morgan fingerprint density at radius 1 is 1.24 bits per heavy atom. The monoisotopic (exact) mass is 347 g/mol. The smallest absolute Gasteiger partial charge is 0.139 e. The van der Waals surface area contributed by atoms with Gasteiger partial charge in [0.1, 0.15) is 5.82 Å². The minimum absolute atomic E-state index is 0.0304. The number of anilines is 1. The van der Waals surface area contributed by atoms with Crippen molar-refractivity contribution in [1.82, 2.24) is 9.78 Å². The van der Waals surface area contributed by atoms with Gasteiger partial charge in [0.05, 0.1) is 16.2 Å². The summed E-state index contributed by atoms with van der Waals surface area (Å²) in [5, 5.41) is 8.40. The van der Waals surface area contributed by atoms with Crippen molar-refractivity contribution in [3.63, 3.8) is 0 Å². The van der Waals surface area contributed by atoms with E-state index < -0.39 is 0 Å². The van der Waals surface area contributed by atoms with Gasteiger partial charge in [-0.1, -0.05) is 50.6 Å². The summed E-state index contributed by atoms with van der Waals surface area (Å²) in [6.07, 6.45) is 1.06. The van der Waals surface area contributed by atoms with Crippen LogP contribution in [-0.2, 0) is 5.41 Å². The van der Waals surface area contributed by atoms with Gasteiger partial charge in [-0.2, -0.15) is 5.10 Å². The lowest BCUT2D eigenvalue weighted by Crippen LogP contribution is -2.24. The molecule has 2 heterocycles. The molecule has 0 fully saturated rings. The fourth-order valence-electron chi connectivity index (χ4n) is 2.82. The van der Waals surface area contributed by atoms with Crippen molar-refractivity contribution in [1.29, 1.82) is 0 Å². The number of rotatable bonds is 1. The zero-order valence-corrected chi connectivity index (χ0v) is 14.7. The first-order valence-electron chi connectivity index (χ1n) is 7.47. The Bertz CT molecular complexity index is 650. The number of nitrogens with zero attached hydrogens (tertiary/aromatic N) is 2. The highest BCUT2D eigenvalue weighted by molar-refractivity contribution is 9.10. The summed E-state index contributed by atoms with van der Waals surface area (Å²) in [6.45, 7) is 9.71. The molecule has 0 radical (unpaired) electrons. The lowest BCUT2D eigenvalue weighted by molar-refractivity contribution is 0.462. The van der Waals surface area contributed by atoms with Crippen LogP contribution in [0.25, 0.3) is 0 Å². The summed E-state index contributed by atoms with van der Waals surface area (Å²) < 4.78 is 3.26. The summed E-state index contributed by atoms with van der Waals surface area (Å²) >= 11 is 3.74. The standard InChI is InChI=1S/C17H22BrN3/c1-11-5-7-12(8-6-11)13-9-10-19-16-14(18)15(17(2,3)4)20-21(13)16/h5-8,13,19H,9-10H2,1-4H3. The van der Waals surface area contributed by atoms with E-state index in [1.165, 1.54) is 11.1 Å². The topological polar surface area (TPSA) is 29.9 Å². The van der Waals surface area contributed by atoms with Gasteiger partial charge in [0.2, 0.25) is 0 Å². The van der Waals surface area contributed by atoms with Crippen molar-refractivity contribution in [3.8, 4) is 0 Å². The summed E-state index contributed by atoms with van der Waals surface area (Å²) in [6, 6.07) is 9.12. The van der Waals surface area contributed by atoms with Crippen LogP contribution in [0.4, 0.5) is 5.82 Å². The van der Waals surface area contributed by atoms with Crippen LogP contribution in [0.15, 0.2) is 28.7 Å². The Hall–Kier alpha value is -1.29. The van der Waals surface area contributed by atoms with E-state index in [1.54, 1.807) is 0 Å². The van der Waals surface area contributed by atoms with E-state index in [9.17, 15) is 0 Å². The second-order valence-corrected chi connectivity index (χ2v) is 7.64. The second-order valence-electron chi connectivity index (χ2n) is 6.85. The third kappa shape index (κ3) is 2.61. The van der Waals surface area contributed by atoms with Gasteiger partial charge in [-0.3, -0.25) is 0 Å². The molecule has 3 nitrogen and oxygen atoms in total. The number of benzene rings is 1. The lowest BCUT2D eigenvalue weighted by atomic mass is 9.92. The maximum atomic E-state index is 4.91. The van der Waals surface area contributed by atoms with E-state index in [1.807, 2.05) is 0 Å². The van der Waals surface area contributed by atoms with Gasteiger partial charge in [-0.15, -0.1) is 0 Å². The molecule has 1 aliphatic heterocycles. The summed E-state index contributed by atoms with van der Waals surface area (Å²) in [7, 11) is 0. The molecule has 1 aliphatic rings. The van der Waals surface area contributed by atoms with Gasteiger partial charge in [-0.25, -0.2) is 4.68 Å². The van der Waals surface area contributed by atoms with E-state index in [0.717, 1.165) is 29.0 Å². The molecule has 0 saturated heterocycles. The number of halogens is 1. The first-order valence-corrected chi connectivity index (χ1v) is 8.26. The molecule has 1 aromatic carbocycles. The van der Waals surface area contributed by atoms with Gasteiger partial charge in [0.15, 0.2) is 0 Å². The molecule has 0 spiro atoms. The first-order chi connectivity index (χ1) is 9.88. The van der Waals surface area contributed by atoms with E-state index in [0.29, 0.717) is 6.04 Å². The molecule has 112 valence electrons. The van der Waals surface area contributed by atoms with Crippen LogP contribution in [0.2, 0.25) is 0 Å². The van der Waals surface area contributed by atoms with Crippen molar-refractivity contribution in [2.45, 2.75) is 45.6 Å². The highest BCUT2D eigenvalue weighted by Gasteiger charge is 2.30. The molecule has 21 heavy (non-hydrogen) atoms. The van der Waals surface area contributed by atoms with Crippen LogP contribution in [0.5, 0.6) is 0 Å². The number of fused-ring (bicyclic) bond motifs is 1. The van der Waals surface area contributed by atoms with Crippen LogP contribution in [0, 0.1) is 6.92 Å². The fourth-order valence-corrected chi connectivity index (χ4v) is 3.82. The minimum atomic E-state index is 0.0304. The van der Waals surface area contributed by atoms with Crippen molar-refractivity contribution in [2.24, 2.45) is 0 Å². The highest BCUT2D eigenvalue weighted by Crippen LogP contribution is 2.39. The maximum Gasteiger partial charge on any atom is 0.139 e. The molecule has 4 heteroatoms. The summed E-state index contributed by atoms with van der Waals surface area (Å²) in [5.41, 5.74) is 3.77. The Labute approximate surface area is 134 Å². The summed E-state index contributed by atoms with van der Waals surface area (Å²) in [5.74, 6) is 1.11. The zero-order valence-electron chi connectivity index (χ0n) is 13.1. The van der Waals surface area contributed by atoms with Gasteiger partial charge in [-0.05, 0) is 34.8 Å². The van der Waals surface area contributed by atoms with Crippen molar-refractivity contribution >= 4 is 21.7 Å². The largest absolute Gasteiger partial charge is 0.369 e. The second kappa shape index (κ2) is 5.16. The average Bonchev–Trinajstić information content (AvgIpc) is 2.77. The number of aromatic nitrogens is 2. The molecule has 1 atom stereocenters. The predicted molar refractivity (Wildman–Crippen MR) is 91.1 cm³/mol. The van der Waals surface area contributed by atoms with Crippen LogP contribution in [0.3, 0.4) is 0 Å². The van der Waals surface area contributed by atoms with Gasteiger partial charge >= 0.3 is 0 Å². The fraction of sp³-hybridized carbons (Fsp3) is 0.471. The molecule has 1 aromatic heterocycles. The van der Waals surface area contributed by atoms with E-state index >= 15 is 0 Å². The number of nitrogens with one attached hydrogen (secondary N) is 1. The molecule has 3 rings (SSSR count). The Kier molecular flexibility index (Phi) is 3.60. The average molecular weight is 348 g/mol. The number of hydrogen-bond donors (Lipinski definition) is 1. The number of aryl methyl sites for hydroxylation is 1. The minimum Gasteiger partial charge on any atom is -0.369 e. The van der Waals surface area contributed by atoms with Crippen LogP contribution >= 0.6 is 15.9 Å². The molecule has 1 unspecified atom stereocenters. The normalized spacial score (nSPS) is 18.2. The zero-order chi connectivity index (χ0) is 15.2. The van der Waals surface area contributed by atoms with E-state index in [4.69, 9.17) is 5.10 Å². The van der Waals surface area contributed by atoms with Crippen molar-refractivity contribution < 1.29 is 0 Å². The number of hydrogen-bond acceptors (Lipinski definition) is 2. The molecule has 0 bridgehead atoms. The van der Waals surface area contributed by atoms with Crippen LogP contribution in [-0.4, -0.2) is 16.3 Å². The highest BCUT2D eigenvalue weighted by atomic mass is 79.9. The van der Waals surface area contributed by atoms with Crippen molar-refractivity contribution in [2.75, 3.05) is 11.9 Å². The molecular weight excluding hydrogens is 326 g/mol. The van der Waals surface area contributed by atoms with E-state index in [2.05, 4.69) is 77.9 Å². The third-order valence-electron chi connectivity index (χ3n) is 4.03. The van der Waals surface area contributed by atoms with Crippen molar-refractivity contribution in [3.05, 3.63) is 45.6 Å². The van der Waals surface area contributed by atoms with Gasteiger partial charge in [0, 0.05) is 12.0 Å². The van der Waals surface area contributed by atoms with Crippen LogP contribution in [0.1, 0.15) is 50.1 Å². The Morgan fingerprint density at radius 3 is 2.52 bits per heavy atom. The molecular formula is C17H22BrN3. The van der Waals surface area contributed by atoms with E-state index in [-0.39, 0.29) is 5.41 Å². The molecule has 0 aliphatic carbocycles. The predicted octanol–water partition coefficient (Wildman–Crippen LogP) is 4.66. The van der Waals surface area contributed by atoms with Gasteiger partial charge in [0.25, 0.3) is 0 Å². The quantitative estimate of drug-likeness (QED) is 0.813. The first kappa shape index (κ1) is 14.6. The van der Waals surface area contributed by atoms with Gasteiger partial charge < -0.3 is 5.32 Å². The Morgan fingerprint density at radius 2 is 1.90 bits per heavy atom. The molecule has 0 amide bonds.